The number of benzene rings is 1. The van der Waals surface area contributed by atoms with Gasteiger partial charge in [0.25, 0.3) is 0 Å². The molecule has 0 saturated carbocycles. The summed E-state index contributed by atoms with van der Waals surface area (Å²) in [4.78, 5) is 7.72. The third kappa shape index (κ3) is 2.59. The average molecular weight is 262 g/mol. The molecule has 2 aromatic rings. The summed E-state index contributed by atoms with van der Waals surface area (Å²) in [5, 5.41) is 19.1. The molecule has 0 bridgehead atoms. The van der Waals surface area contributed by atoms with E-state index in [1.807, 2.05) is 0 Å². The van der Waals surface area contributed by atoms with Gasteiger partial charge in [-0.3, -0.25) is 0 Å². The summed E-state index contributed by atoms with van der Waals surface area (Å²) in [5.74, 6) is 0.00779. The van der Waals surface area contributed by atoms with E-state index < -0.39 is 0 Å². The van der Waals surface area contributed by atoms with E-state index in [-0.39, 0.29) is 29.0 Å². The van der Waals surface area contributed by atoms with Crippen LogP contribution in [0.5, 0.6) is 17.2 Å². The van der Waals surface area contributed by atoms with Gasteiger partial charge < -0.3 is 26.4 Å². The average Bonchev–Trinajstić information content (AvgIpc) is 2.37. The van der Waals surface area contributed by atoms with E-state index in [2.05, 4.69) is 9.97 Å². The van der Waals surface area contributed by atoms with Crippen LogP contribution in [0.25, 0.3) is 0 Å². The monoisotopic (exact) mass is 262 g/mol. The van der Waals surface area contributed by atoms with Gasteiger partial charge in [-0.2, -0.15) is 4.98 Å². The van der Waals surface area contributed by atoms with Gasteiger partial charge in [-0.1, -0.05) is 0 Å². The largest absolute Gasteiger partial charge is 0.504 e. The normalized spacial score (nSPS) is 10.4. The third-order valence-corrected chi connectivity index (χ3v) is 2.65. The van der Waals surface area contributed by atoms with E-state index in [0.717, 1.165) is 0 Å². The van der Waals surface area contributed by atoms with Crippen LogP contribution < -0.4 is 16.2 Å². The minimum atomic E-state index is -0.298. The van der Waals surface area contributed by atoms with Crippen LogP contribution in [0.3, 0.4) is 0 Å². The van der Waals surface area contributed by atoms with E-state index in [4.69, 9.17) is 16.2 Å². The van der Waals surface area contributed by atoms with E-state index in [9.17, 15) is 10.2 Å². The fourth-order valence-electron chi connectivity index (χ4n) is 1.70. The molecule has 100 valence electrons. The molecular weight excluding hydrogens is 248 g/mol. The van der Waals surface area contributed by atoms with Gasteiger partial charge in [-0.05, 0) is 17.7 Å². The van der Waals surface area contributed by atoms with E-state index in [1.165, 1.54) is 19.4 Å². The first-order chi connectivity index (χ1) is 9.01. The molecule has 7 heteroatoms. The SMILES string of the molecule is COc1cc(Cc2cnc(N)nc2N)cc(O)c1O. The number of phenolic OH excluding ortho intramolecular Hbond substituents is 2. The van der Waals surface area contributed by atoms with Crippen LogP contribution in [-0.2, 0) is 6.42 Å². The summed E-state index contributed by atoms with van der Waals surface area (Å²) in [6.45, 7) is 0. The van der Waals surface area contributed by atoms with Gasteiger partial charge in [0.05, 0.1) is 7.11 Å². The summed E-state index contributed by atoms with van der Waals surface area (Å²) in [6.07, 6.45) is 1.91. The fourth-order valence-corrected chi connectivity index (χ4v) is 1.70. The Morgan fingerprint density at radius 1 is 1.26 bits per heavy atom. The van der Waals surface area contributed by atoms with Gasteiger partial charge >= 0.3 is 0 Å². The van der Waals surface area contributed by atoms with Crippen molar-refractivity contribution in [3.05, 3.63) is 29.5 Å². The molecule has 0 unspecified atom stereocenters. The number of ether oxygens (including phenoxy) is 1. The molecule has 0 atom stereocenters. The van der Waals surface area contributed by atoms with Crippen molar-refractivity contribution in [1.29, 1.82) is 0 Å². The number of anilines is 2. The van der Waals surface area contributed by atoms with E-state index >= 15 is 0 Å². The van der Waals surface area contributed by atoms with Crippen molar-refractivity contribution in [3.8, 4) is 17.2 Å². The van der Waals surface area contributed by atoms with Crippen LogP contribution in [0.4, 0.5) is 11.8 Å². The Balaban J connectivity index is 2.35. The Morgan fingerprint density at radius 3 is 2.63 bits per heavy atom. The van der Waals surface area contributed by atoms with Crippen molar-refractivity contribution in [2.75, 3.05) is 18.6 Å². The molecule has 0 radical (unpaired) electrons. The predicted octanol–water partition coefficient (Wildman–Crippen LogP) is 0.652. The summed E-state index contributed by atoms with van der Waals surface area (Å²) in [6, 6.07) is 3.03. The zero-order valence-electron chi connectivity index (χ0n) is 10.3. The highest BCUT2D eigenvalue weighted by molar-refractivity contribution is 5.53. The second-order valence-corrected chi connectivity index (χ2v) is 3.98. The second-order valence-electron chi connectivity index (χ2n) is 3.98. The summed E-state index contributed by atoms with van der Waals surface area (Å²) >= 11 is 0. The topological polar surface area (TPSA) is 128 Å². The van der Waals surface area contributed by atoms with E-state index in [1.54, 1.807) is 6.07 Å². The van der Waals surface area contributed by atoms with Crippen molar-refractivity contribution in [2.24, 2.45) is 0 Å². The smallest absolute Gasteiger partial charge is 0.221 e. The molecule has 1 aromatic carbocycles. The molecular formula is C12H14N4O3. The van der Waals surface area contributed by atoms with Crippen molar-refractivity contribution < 1.29 is 14.9 Å². The summed E-state index contributed by atoms with van der Waals surface area (Å²) < 4.78 is 4.96. The molecule has 0 amide bonds. The number of hydrogen-bond acceptors (Lipinski definition) is 7. The van der Waals surface area contributed by atoms with Gasteiger partial charge in [0.2, 0.25) is 11.7 Å². The van der Waals surface area contributed by atoms with Crippen LogP contribution in [0, 0.1) is 0 Å². The maximum Gasteiger partial charge on any atom is 0.221 e. The third-order valence-electron chi connectivity index (χ3n) is 2.65. The molecule has 19 heavy (non-hydrogen) atoms. The quantitative estimate of drug-likeness (QED) is 0.598. The molecule has 0 aliphatic rings. The lowest BCUT2D eigenvalue weighted by atomic mass is 10.1. The van der Waals surface area contributed by atoms with Gasteiger partial charge in [-0.15, -0.1) is 0 Å². The molecule has 0 fully saturated rings. The lowest BCUT2D eigenvalue weighted by molar-refractivity contribution is 0.350. The molecule has 2 rings (SSSR count). The molecule has 6 N–H and O–H groups in total. The molecule has 0 aliphatic carbocycles. The Labute approximate surface area is 109 Å². The zero-order valence-corrected chi connectivity index (χ0v) is 10.3. The number of phenols is 2. The molecule has 0 spiro atoms. The predicted molar refractivity (Wildman–Crippen MR) is 70.0 cm³/mol. The van der Waals surface area contributed by atoms with Gasteiger partial charge in [-0.25, -0.2) is 4.98 Å². The number of methoxy groups -OCH3 is 1. The van der Waals surface area contributed by atoms with Crippen molar-refractivity contribution >= 4 is 11.8 Å². The second kappa shape index (κ2) is 4.89. The number of nitrogens with two attached hydrogens (primary N) is 2. The molecule has 0 aliphatic heterocycles. The maximum absolute atomic E-state index is 9.59. The highest BCUT2D eigenvalue weighted by atomic mass is 16.5. The molecule has 0 saturated heterocycles. The molecule has 1 heterocycles. The molecule has 1 aromatic heterocycles. The first-order valence-corrected chi connectivity index (χ1v) is 5.47. The Morgan fingerprint density at radius 2 is 2.00 bits per heavy atom. The first kappa shape index (κ1) is 12.7. The highest BCUT2D eigenvalue weighted by Gasteiger charge is 2.11. The number of hydrogen-bond donors (Lipinski definition) is 4. The van der Waals surface area contributed by atoms with Crippen LogP contribution in [0.15, 0.2) is 18.3 Å². The zero-order chi connectivity index (χ0) is 14.0. The summed E-state index contributed by atoms with van der Waals surface area (Å²) in [7, 11) is 1.40. The number of aromatic nitrogens is 2. The van der Waals surface area contributed by atoms with Gasteiger partial charge in [0, 0.05) is 18.2 Å². The number of nitrogen functional groups attached to an aromatic ring is 2. The standard InChI is InChI=1S/C12H14N4O3/c1-19-9-4-6(3-8(17)10(9)18)2-7-5-15-12(14)16-11(7)13/h3-5,17-18H,2H2,1H3,(H4,13,14,15,16). The van der Waals surface area contributed by atoms with Crippen LogP contribution in [0.2, 0.25) is 0 Å². The van der Waals surface area contributed by atoms with Crippen molar-refractivity contribution in [1.82, 2.24) is 9.97 Å². The van der Waals surface area contributed by atoms with Crippen LogP contribution >= 0.6 is 0 Å². The van der Waals surface area contributed by atoms with Crippen molar-refractivity contribution in [3.63, 3.8) is 0 Å². The van der Waals surface area contributed by atoms with Gasteiger partial charge in [0.15, 0.2) is 11.5 Å². The summed E-state index contributed by atoms with van der Waals surface area (Å²) in [5.41, 5.74) is 12.5. The van der Waals surface area contributed by atoms with Gasteiger partial charge in [0.1, 0.15) is 5.82 Å². The Hall–Kier alpha value is -2.70. The number of nitrogens with zero attached hydrogens (tertiary/aromatic N) is 2. The van der Waals surface area contributed by atoms with Crippen LogP contribution in [0.1, 0.15) is 11.1 Å². The van der Waals surface area contributed by atoms with E-state index in [0.29, 0.717) is 17.5 Å². The number of aromatic hydroxyl groups is 2. The minimum Gasteiger partial charge on any atom is -0.504 e. The van der Waals surface area contributed by atoms with Crippen LogP contribution in [-0.4, -0.2) is 27.3 Å². The lowest BCUT2D eigenvalue weighted by Gasteiger charge is -2.09. The maximum atomic E-state index is 9.59. The fraction of sp³-hybridized carbons (Fsp3) is 0.167. The first-order valence-electron chi connectivity index (χ1n) is 5.47. The minimum absolute atomic E-state index is 0.104. The number of rotatable bonds is 3. The Kier molecular flexibility index (Phi) is 3.28. The van der Waals surface area contributed by atoms with Crippen molar-refractivity contribution in [2.45, 2.75) is 6.42 Å². The Bertz CT molecular complexity index is 616. The lowest BCUT2D eigenvalue weighted by Crippen LogP contribution is -2.04. The molecule has 7 nitrogen and oxygen atoms in total. The highest BCUT2D eigenvalue weighted by Crippen LogP contribution is 2.36.